The molecule has 1 aromatic heterocycles. The van der Waals surface area contributed by atoms with E-state index in [1.54, 1.807) is 0 Å². The lowest BCUT2D eigenvalue weighted by Gasteiger charge is -2.00. The van der Waals surface area contributed by atoms with E-state index in [1.807, 2.05) is 19.2 Å². The first kappa shape index (κ1) is 9.33. The van der Waals surface area contributed by atoms with Crippen LogP contribution in [-0.4, -0.2) is 9.85 Å². The van der Waals surface area contributed by atoms with Crippen LogP contribution in [0.25, 0.3) is 0 Å². The molecule has 2 heteroatoms. The van der Waals surface area contributed by atoms with Gasteiger partial charge in [-0.1, -0.05) is 25.6 Å². The molecule has 0 fully saturated rings. The van der Waals surface area contributed by atoms with Crippen molar-refractivity contribution in [2.75, 3.05) is 0 Å². The third kappa shape index (κ3) is 2.38. The van der Waals surface area contributed by atoms with E-state index < -0.39 is 0 Å². The fourth-order valence-corrected chi connectivity index (χ4v) is 1.22. The first-order valence-electron chi connectivity index (χ1n) is 4.20. The van der Waals surface area contributed by atoms with Gasteiger partial charge < -0.3 is 0 Å². The summed E-state index contributed by atoms with van der Waals surface area (Å²) in [7, 11) is 0. The van der Waals surface area contributed by atoms with Crippen LogP contribution in [0.15, 0.2) is 18.3 Å². The summed E-state index contributed by atoms with van der Waals surface area (Å²) in [6.45, 7) is 4.10. The van der Waals surface area contributed by atoms with Crippen molar-refractivity contribution >= 4 is 17.1 Å². The van der Waals surface area contributed by atoms with Crippen LogP contribution in [0, 0.1) is 0 Å². The van der Waals surface area contributed by atoms with Crippen LogP contribution in [0.3, 0.4) is 0 Å². The summed E-state index contributed by atoms with van der Waals surface area (Å²) in [6, 6.07) is 4.04. The molecule has 0 radical (unpaired) electrons. The van der Waals surface area contributed by atoms with E-state index in [4.69, 9.17) is 12.2 Å². The number of nitrogens with zero attached hydrogens (tertiary/aromatic N) is 1. The highest BCUT2D eigenvalue weighted by Crippen LogP contribution is 2.05. The lowest BCUT2D eigenvalue weighted by molar-refractivity contribution is 0.882. The molecule has 0 saturated carbocycles. The zero-order valence-corrected chi connectivity index (χ0v) is 8.32. The van der Waals surface area contributed by atoms with Gasteiger partial charge >= 0.3 is 0 Å². The van der Waals surface area contributed by atoms with Gasteiger partial charge in [-0.2, -0.15) is 0 Å². The summed E-state index contributed by atoms with van der Waals surface area (Å²) < 4.78 is 0. The van der Waals surface area contributed by atoms with Crippen molar-refractivity contribution in [1.82, 2.24) is 4.98 Å². The average Bonchev–Trinajstić information content (AvgIpc) is 2.05. The average molecular weight is 179 g/mol. The van der Waals surface area contributed by atoms with Gasteiger partial charge in [-0.05, 0) is 31.0 Å². The molecule has 0 aromatic carbocycles. The maximum Gasteiger partial charge on any atom is 0.0409 e. The lowest BCUT2D eigenvalue weighted by Crippen LogP contribution is -1.95. The number of rotatable bonds is 3. The number of aromatic nitrogens is 1. The first-order chi connectivity index (χ1) is 5.74. The number of pyridine rings is 1. The fraction of sp³-hybridized carbons (Fsp3) is 0.400. The SMILES string of the molecule is CCCc1cc(C(C)=S)ccn1. The highest BCUT2D eigenvalue weighted by atomic mass is 32.1. The van der Waals surface area contributed by atoms with Gasteiger partial charge in [0.1, 0.15) is 0 Å². The van der Waals surface area contributed by atoms with Crippen molar-refractivity contribution in [2.45, 2.75) is 26.7 Å². The van der Waals surface area contributed by atoms with Crippen LogP contribution >= 0.6 is 12.2 Å². The molecule has 0 aliphatic carbocycles. The van der Waals surface area contributed by atoms with Crippen molar-refractivity contribution < 1.29 is 0 Å². The zero-order chi connectivity index (χ0) is 8.97. The second-order valence-electron chi connectivity index (χ2n) is 2.84. The second kappa shape index (κ2) is 4.31. The Morgan fingerprint density at radius 1 is 1.58 bits per heavy atom. The van der Waals surface area contributed by atoms with Crippen LogP contribution in [-0.2, 0) is 6.42 Å². The normalized spacial score (nSPS) is 9.83. The van der Waals surface area contributed by atoms with Crippen LogP contribution < -0.4 is 0 Å². The van der Waals surface area contributed by atoms with Gasteiger partial charge in [0.2, 0.25) is 0 Å². The Morgan fingerprint density at radius 2 is 2.33 bits per heavy atom. The molecule has 1 nitrogen and oxygen atoms in total. The topological polar surface area (TPSA) is 12.9 Å². The Kier molecular flexibility index (Phi) is 3.35. The van der Waals surface area contributed by atoms with Gasteiger partial charge in [-0.25, -0.2) is 0 Å². The largest absolute Gasteiger partial charge is 0.261 e. The van der Waals surface area contributed by atoms with Crippen LogP contribution in [0.2, 0.25) is 0 Å². The summed E-state index contributed by atoms with van der Waals surface area (Å²) in [5.41, 5.74) is 2.27. The molecule has 0 aliphatic rings. The van der Waals surface area contributed by atoms with E-state index in [2.05, 4.69) is 18.0 Å². The number of hydrogen-bond donors (Lipinski definition) is 0. The van der Waals surface area contributed by atoms with E-state index in [-0.39, 0.29) is 0 Å². The van der Waals surface area contributed by atoms with Crippen molar-refractivity contribution in [3.05, 3.63) is 29.6 Å². The summed E-state index contributed by atoms with van der Waals surface area (Å²) in [6.07, 6.45) is 4.00. The van der Waals surface area contributed by atoms with Crippen LogP contribution in [0.5, 0.6) is 0 Å². The number of hydrogen-bond acceptors (Lipinski definition) is 2. The quantitative estimate of drug-likeness (QED) is 0.522. The standard InChI is InChI=1S/C10H13NS/c1-3-4-10-7-9(8(2)12)5-6-11-10/h5-7H,3-4H2,1-2H3. The Hall–Kier alpha value is -0.760. The molecule has 1 rings (SSSR count). The van der Waals surface area contributed by atoms with E-state index in [0.29, 0.717) is 0 Å². The van der Waals surface area contributed by atoms with Gasteiger partial charge in [-0.15, -0.1) is 0 Å². The zero-order valence-electron chi connectivity index (χ0n) is 7.50. The molecule has 0 atom stereocenters. The minimum atomic E-state index is 0.940. The predicted octanol–water partition coefficient (Wildman–Crippen LogP) is 2.77. The third-order valence-electron chi connectivity index (χ3n) is 1.73. The minimum Gasteiger partial charge on any atom is -0.261 e. The Labute approximate surface area is 78.8 Å². The number of thiocarbonyl (C=S) groups is 1. The van der Waals surface area contributed by atoms with Gasteiger partial charge in [0.05, 0.1) is 0 Å². The van der Waals surface area contributed by atoms with E-state index in [9.17, 15) is 0 Å². The second-order valence-corrected chi connectivity index (χ2v) is 3.45. The lowest BCUT2D eigenvalue weighted by atomic mass is 10.1. The molecule has 12 heavy (non-hydrogen) atoms. The van der Waals surface area contributed by atoms with Gasteiger partial charge in [-0.3, -0.25) is 4.98 Å². The maximum atomic E-state index is 5.08. The number of aryl methyl sites for hydroxylation is 1. The molecule has 0 bridgehead atoms. The molecule has 0 amide bonds. The molecule has 1 heterocycles. The highest BCUT2D eigenvalue weighted by molar-refractivity contribution is 7.80. The molecular formula is C10H13NS. The first-order valence-corrected chi connectivity index (χ1v) is 4.60. The van der Waals surface area contributed by atoms with Crippen LogP contribution in [0.1, 0.15) is 31.5 Å². The molecule has 0 aliphatic heterocycles. The minimum absolute atomic E-state index is 0.940. The van der Waals surface area contributed by atoms with Gasteiger partial charge in [0.15, 0.2) is 0 Å². The van der Waals surface area contributed by atoms with Crippen molar-refractivity contribution in [2.24, 2.45) is 0 Å². The molecule has 0 saturated heterocycles. The monoisotopic (exact) mass is 179 g/mol. The Balaban J connectivity index is 2.88. The summed E-state index contributed by atoms with van der Waals surface area (Å²) >= 11 is 5.08. The highest BCUT2D eigenvalue weighted by Gasteiger charge is 1.97. The molecule has 1 aromatic rings. The summed E-state index contributed by atoms with van der Waals surface area (Å²) in [4.78, 5) is 5.19. The van der Waals surface area contributed by atoms with E-state index in [1.165, 1.54) is 0 Å². The van der Waals surface area contributed by atoms with Crippen molar-refractivity contribution in [1.29, 1.82) is 0 Å². The summed E-state index contributed by atoms with van der Waals surface area (Å²) in [5, 5.41) is 0. The molecule has 0 N–H and O–H groups in total. The molecular weight excluding hydrogens is 166 g/mol. The molecule has 0 spiro atoms. The fourth-order valence-electron chi connectivity index (χ4n) is 1.09. The van der Waals surface area contributed by atoms with Crippen molar-refractivity contribution in [3.63, 3.8) is 0 Å². The maximum absolute atomic E-state index is 5.08. The molecule has 0 unspecified atom stereocenters. The Bertz CT molecular complexity index is 281. The van der Waals surface area contributed by atoms with Gasteiger partial charge in [0.25, 0.3) is 0 Å². The summed E-state index contributed by atoms with van der Waals surface area (Å²) in [5.74, 6) is 0. The van der Waals surface area contributed by atoms with Crippen LogP contribution in [0.4, 0.5) is 0 Å². The van der Waals surface area contributed by atoms with E-state index in [0.717, 1.165) is 29.0 Å². The Morgan fingerprint density at radius 3 is 2.92 bits per heavy atom. The van der Waals surface area contributed by atoms with Crippen molar-refractivity contribution in [3.8, 4) is 0 Å². The molecule has 64 valence electrons. The predicted molar refractivity (Wildman–Crippen MR) is 55.6 cm³/mol. The smallest absolute Gasteiger partial charge is 0.0409 e. The van der Waals surface area contributed by atoms with E-state index >= 15 is 0 Å². The third-order valence-corrected chi connectivity index (χ3v) is 1.96. The van der Waals surface area contributed by atoms with Gasteiger partial charge in [0, 0.05) is 16.8 Å².